The molecule has 5 nitrogen and oxygen atoms in total. The normalized spacial score (nSPS) is 13.4. The lowest BCUT2D eigenvalue weighted by molar-refractivity contribution is 0.128. The van der Waals surface area contributed by atoms with Crippen molar-refractivity contribution in [1.29, 1.82) is 0 Å². The summed E-state index contributed by atoms with van der Waals surface area (Å²) in [6.07, 6.45) is 0. The number of hydrogen-bond donors (Lipinski definition) is 2. The molecule has 0 amide bonds. The monoisotopic (exact) mass is 504 g/mol. The number of benzene rings is 3. The van der Waals surface area contributed by atoms with Gasteiger partial charge in [-0.25, -0.2) is 8.78 Å². The van der Waals surface area contributed by atoms with Crippen molar-refractivity contribution in [1.82, 2.24) is 5.32 Å². The van der Waals surface area contributed by atoms with Crippen LogP contribution in [0, 0.1) is 18.6 Å². The number of ether oxygens (including phenoxy) is 1. The van der Waals surface area contributed by atoms with E-state index >= 15 is 0 Å². The molecule has 0 aliphatic carbocycles. The van der Waals surface area contributed by atoms with E-state index < -0.39 is 28.1 Å². The molecule has 0 aromatic heterocycles. The van der Waals surface area contributed by atoms with Crippen LogP contribution in [-0.4, -0.2) is 5.60 Å². The van der Waals surface area contributed by atoms with Crippen LogP contribution in [0.2, 0.25) is 0 Å². The fourth-order valence-electron chi connectivity index (χ4n) is 4.10. The lowest BCUT2D eigenvalue weighted by Gasteiger charge is -2.26. The second kappa shape index (κ2) is 10.3. The van der Waals surface area contributed by atoms with Crippen molar-refractivity contribution in [2.24, 2.45) is 0 Å². The first-order valence-corrected chi connectivity index (χ1v) is 12.1. The van der Waals surface area contributed by atoms with Crippen molar-refractivity contribution in [3.63, 3.8) is 0 Å². The van der Waals surface area contributed by atoms with Gasteiger partial charge in [-0.3, -0.25) is 14.9 Å². The molecule has 0 fully saturated rings. The number of rotatable bonds is 8. The van der Waals surface area contributed by atoms with Crippen molar-refractivity contribution >= 4 is 11.4 Å². The zero-order valence-corrected chi connectivity index (χ0v) is 21.5. The van der Waals surface area contributed by atoms with Gasteiger partial charge in [-0.15, -0.1) is 0 Å². The molecule has 192 valence electrons. The highest BCUT2D eigenvalue weighted by Crippen LogP contribution is 2.31. The number of halogens is 2. The summed E-state index contributed by atoms with van der Waals surface area (Å²) in [4.78, 5) is 24.4. The molecule has 0 bridgehead atoms. The highest BCUT2D eigenvalue weighted by Gasteiger charge is 2.27. The van der Waals surface area contributed by atoms with Crippen LogP contribution in [0.25, 0.3) is 0 Å². The van der Waals surface area contributed by atoms with E-state index in [1.54, 1.807) is 32.9 Å². The van der Waals surface area contributed by atoms with E-state index in [1.807, 2.05) is 56.3 Å². The second-order valence-corrected chi connectivity index (χ2v) is 10.2. The van der Waals surface area contributed by atoms with Gasteiger partial charge in [0.25, 0.3) is 10.9 Å². The standard InChI is InChI=1S/C30H30F2N2O3/c1-17-9-11-19(12-10-17)25(33-18(2)20-13-14-23(31)24(32)16-20)21-7-6-8-22(15-21)34-26-27(35)28(36)29(26)37-30(3,4)5/h6-16,18,25,33-34H,1-5H3. The average molecular weight is 505 g/mol. The number of hydrogen-bond acceptors (Lipinski definition) is 5. The maximum absolute atomic E-state index is 13.9. The van der Waals surface area contributed by atoms with Gasteiger partial charge in [-0.05, 0) is 75.6 Å². The van der Waals surface area contributed by atoms with Crippen LogP contribution in [0.15, 0.2) is 76.3 Å². The lowest BCUT2D eigenvalue weighted by Crippen LogP contribution is -2.39. The van der Waals surface area contributed by atoms with Crippen LogP contribution < -0.4 is 26.2 Å². The van der Waals surface area contributed by atoms with Gasteiger partial charge in [0.05, 0.1) is 6.04 Å². The Bertz CT molecular complexity index is 1480. The fraction of sp³-hybridized carbons (Fsp3) is 0.267. The Morgan fingerprint density at radius 2 is 1.49 bits per heavy atom. The van der Waals surface area contributed by atoms with E-state index in [9.17, 15) is 18.4 Å². The van der Waals surface area contributed by atoms with Crippen molar-refractivity contribution in [2.75, 3.05) is 5.32 Å². The van der Waals surface area contributed by atoms with E-state index in [2.05, 4.69) is 10.6 Å². The van der Waals surface area contributed by atoms with Gasteiger partial charge in [0.15, 0.2) is 17.4 Å². The fourth-order valence-corrected chi connectivity index (χ4v) is 4.10. The highest BCUT2D eigenvalue weighted by atomic mass is 19.2. The first kappa shape index (κ1) is 26.2. The molecule has 0 spiro atoms. The third kappa shape index (κ3) is 5.94. The minimum Gasteiger partial charge on any atom is -0.482 e. The zero-order chi connectivity index (χ0) is 26.9. The van der Waals surface area contributed by atoms with Crippen LogP contribution in [0.5, 0.6) is 5.75 Å². The molecular formula is C30H30F2N2O3. The minimum atomic E-state index is -0.898. The summed E-state index contributed by atoms with van der Waals surface area (Å²) in [6, 6.07) is 18.8. The molecule has 2 atom stereocenters. The van der Waals surface area contributed by atoms with E-state index in [0.717, 1.165) is 22.8 Å². The highest BCUT2D eigenvalue weighted by molar-refractivity contribution is 5.70. The Hall–Kier alpha value is -3.84. The number of nitrogens with one attached hydrogen (secondary N) is 2. The Morgan fingerprint density at radius 1 is 0.811 bits per heavy atom. The van der Waals surface area contributed by atoms with E-state index in [4.69, 9.17) is 4.74 Å². The smallest absolute Gasteiger partial charge is 0.272 e. The molecule has 0 radical (unpaired) electrons. The molecule has 7 heteroatoms. The summed E-state index contributed by atoms with van der Waals surface area (Å²) in [7, 11) is 0. The number of aryl methyl sites for hydroxylation is 1. The molecule has 4 rings (SSSR count). The van der Waals surface area contributed by atoms with Crippen molar-refractivity contribution in [3.05, 3.63) is 121 Å². The molecule has 37 heavy (non-hydrogen) atoms. The van der Waals surface area contributed by atoms with Crippen LogP contribution >= 0.6 is 0 Å². The second-order valence-electron chi connectivity index (χ2n) is 10.2. The predicted octanol–water partition coefficient (Wildman–Crippen LogP) is 6.23. The SMILES string of the molecule is Cc1ccc(C(NC(C)c2ccc(F)c(F)c2)c2cccc(Nc3c(OC(C)(C)C)c(=O)c3=O)c2)cc1. The maximum atomic E-state index is 13.9. The molecule has 0 aliphatic rings. The summed E-state index contributed by atoms with van der Waals surface area (Å²) in [5.41, 5.74) is 2.42. The van der Waals surface area contributed by atoms with E-state index in [-0.39, 0.29) is 23.5 Å². The number of anilines is 2. The first-order chi connectivity index (χ1) is 17.4. The Labute approximate surface area is 214 Å². The van der Waals surface area contributed by atoms with Crippen LogP contribution in [-0.2, 0) is 0 Å². The summed E-state index contributed by atoms with van der Waals surface area (Å²) >= 11 is 0. The van der Waals surface area contributed by atoms with Crippen molar-refractivity contribution < 1.29 is 13.5 Å². The molecule has 0 heterocycles. The molecule has 0 saturated carbocycles. The summed E-state index contributed by atoms with van der Waals surface area (Å²) in [5, 5.41) is 6.57. The summed E-state index contributed by atoms with van der Waals surface area (Å²) in [5.74, 6) is -1.76. The Kier molecular flexibility index (Phi) is 7.28. The van der Waals surface area contributed by atoms with E-state index in [1.165, 1.54) is 6.07 Å². The summed E-state index contributed by atoms with van der Waals surface area (Å²) < 4.78 is 33.1. The van der Waals surface area contributed by atoms with Gasteiger partial charge in [-0.2, -0.15) is 0 Å². The van der Waals surface area contributed by atoms with Crippen molar-refractivity contribution in [2.45, 2.75) is 52.3 Å². The molecule has 2 N–H and O–H groups in total. The Balaban J connectivity index is 1.66. The average Bonchev–Trinajstić information content (AvgIpc) is 2.86. The quantitative estimate of drug-likeness (QED) is 0.279. The molecule has 0 aliphatic heterocycles. The summed E-state index contributed by atoms with van der Waals surface area (Å²) in [6.45, 7) is 9.30. The molecule has 0 saturated heterocycles. The zero-order valence-electron chi connectivity index (χ0n) is 21.5. The van der Waals surface area contributed by atoms with E-state index in [0.29, 0.717) is 11.3 Å². The van der Waals surface area contributed by atoms with Crippen LogP contribution in [0.4, 0.5) is 20.2 Å². The largest absolute Gasteiger partial charge is 0.482 e. The maximum Gasteiger partial charge on any atom is 0.272 e. The Morgan fingerprint density at radius 3 is 2.14 bits per heavy atom. The molecule has 4 aromatic carbocycles. The van der Waals surface area contributed by atoms with Crippen LogP contribution in [0.1, 0.15) is 62.0 Å². The molecular weight excluding hydrogens is 474 g/mol. The predicted molar refractivity (Wildman–Crippen MR) is 142 cm³/mol. The topological polar surface area (TPSA) is 67.4 Å². The minimum absolute atomic E-state index is 0.0306. The van der Waals surface area contributed by atoms with Gasteiger partial charge in [0.1, 0.15) is 11.3 Å². The first-order valence-electron chi connectivity index (χ1n) is 12.1. The van der Waals surface area contributed by atoms with Crippen LogP contribution in [0.3, 0.4) is 0 Å². The van der Waals surface area contributed by atoms with Gasteiger partial charge in [0, 0.05) is 11.7 Å². The van der Waals surface area contributed by atoms with Gasteiger partial charge in [-0.1, -0.05) is 48.0 Å². The molecule has 2 unspecified atom stereocenters. The third-order valence-electron chi connectivity index (χ3n) is 6.04. The third-order valence-corrected chi connectivity index (χ3v) is 6.04. The molecule has 4 aromatic rings. The van der Waals surface area contributed by atoms with Gasteiger partial charge >= 0.3 is 0 Å². The van der Waals surface area contributed by atoms with Crippen molar-refractivity contribution in [3.8, 4) is 5.75 Å². The van der Waals surface area contributed by atoms with Gasteiger partial charge in [0.2, 0.25) is 0 Å². The lowest BCUT2D eigenvalue weighted by atomic mass is 9.95. The van der Waals surface area contributed by atoms with Gasteiger partial charge < -0.3 is 10.1 Å².